The van der Waals surface area contributed by atoms with Gasteiger partial charge in [-0.3, -0.25) is 4.79 Å². The van der Waals surface area contributed by atoms with Gasteiger partial charge in [-0.2, -0.15) is 0 Å². The first-order valence-corrected chi connectivity index (χ1v) is 8.08. The number of allylic oxidation sites excluding steroid dienone is 1. The lowest BCUT2D eigenvalue weighted by atomic mass is 9.99. The minimum atomic E-state index is 0.0891. The molecule has 1 fully saturated rings. The van der Waals surface area contributed by atoms with Gasteiger partial charge in [-0.1, -0.05) is 13.0 Å². The number of hydrogen-bond acceptors (Lipinski definition) is 2. The topological polar surface area (TPSA) is 38.4 Å². The van der Waals surface area contributed by atoms with Crippen molar-refractivity contribution in [1.29, 1.82) is 0 Å². The minimum Gasteiger partial charge on any atom is -0.448 e. The van der Waals surface area contributed by atoms with Crippen LogP contribution in [0.1, 0.15) is 30.3 Å². The third-order valence-corrected chi connectivity index (χ3v) is 4.55. The molecule has 0 N–H and O–H groups in total. The zero-order valence-electron chi connectivity index (χ0n) is 12.1. The van der Waals surface area contributed by atoms with Crippen LogP contribution in [0, 0.1) is 5.92 Å². The molecule has 5 heteroatoms. The average molecular weight is 351 g/mol. The molecule has 0 spiro atoms. The molecule has 0 radical (unpaired) electrons. The van der Waals surface area contributed by atoms with Gasteiger partial charge in [0.25, 0.3) is 5.91 Å². The Labute approximate surface area is 132 Å². The molecule has 112 valence electrons. The number of piperidine rings is 1. The number of aromatic nitrogens is 1. The van der Waals surface area contributed by atoms with E-state index in [4.69, 9.17) is 4.42 Å². The number of carbonyl (C=O) groups excluding carboxylic acids is 1. The number of rotatable bonds is 3. The summed E-state index contributed by atoms with van der Waals surface area (Å²) in [6.07, 6.45) is 3.96. The van der Waals surface area contributed by atoms with Crippen LogP contribution in [0.25, 0.3) is 11.1 Å². The van der Waals surface area contributed by atoms with Crippen molar-refractivity contribution in [3.63, 3.8) is 0 Å². The number of amides is 1. The summed E-state index contributed by atoms with van der Waals surface area (Å²) < 4.78 is 8.23. The van der Waals surface area contributed by atoms with Crippen LogP contribution in [-0.4, -0.2) is 28.5 Å². The van der Waals surface area contributed by atoms with Crippen molar-refractivity contribution in [2.75, 3.05) is 13.1 Å². The molecule has 0 aromatic carbocycles. The van der Waals surface area contributed by atoms with Gasteiger partial charge in [-0.25, -0.2) is 0 Å². The smallest absolute Gasteiger partial charge is 0.270 e. The molecule has 3 heterocycles. The summed E-state index contributed by atoms with van der Waals surface area (Å²) in [7, 11) is 0. The highest BCUT2D eigenvalue weighted by molar-refractivity contribution is 9.10. The zero-order chi connectivity index (χ0) is 15.0. The normalized spacial score (nSPS) is 16.6. The summed E-state index contributed by atoms with van der Waals surface area (Å²) in [4.78, 5) is 14.7. The monoisotopic (exact) mass is 350 g/mol. The van der Waals surface area contributed by atoms with Gasteiger partial charge in [0.2, 0.25) is 0 Å². The lowest BCUT2D eigenvalue weighted by Crippen LogP contribution is -2.38. The summed E-state index contributed by atoms with van der Waals surface area (Å²) in [5.74, 6) is 0.799. The Morgan fingerprint density at radius 3 is 2.86 bits per heavy atom. The van der Waals surface area contributed by atoms with Gasteiger partial charge in [0.1, 0.15) is 5.69 Å². The van der Waals surface area contributed by atoms with E-state index in [-0.39, 0.29) is 5.91 Å². The summed E-state index contributed by atoms with van der Waals surface area (Å²) >= 11 is 3.33. The van der Waals surface area contributed by atoms with Gasteiger partial charge >= 0.3 is 0 Å². The highest BCUT2D eigenvalue weighted by Crippen LogP contribution is 2.28. The van der Waals surface area contributed by atoms with Crippen molar-refractivity contribution < 1.29 is 9.21 Å². The lowest BCUT2D eigenvalue weighted by molar-refractivity contribution is 0.0687. The molecule has 1 saturated heterocycles. The number of hydrogen-bond donors (Lipinski definition) is 0. The molecular formula is C16H19BrN2O2. The quantitative estimate of drug-likeness (QED) is 0.783. The van der Waals surface area contributed by atoms with E-state index in [0.29, 0.717) is 22.8 Å². The summed E-state index contributed by atoms with van der Waals surface area (Å²) in [6.45, 7) is 8.30. The Balaban J connectivity index is 1.95. The first-order chi connectivity index (χ1) is 10.1. The fourth-order valence-electron chi connectivity index (χ4n) is 2.89. The van der Waals surface area contributed by atoms with Crippen molar-refractivity contribution in [2.45, 2.75) is 26.3 Å². The van der Waals surface area contributed by atoms with Crippen molar-refractivity contribution in [3.05, 3.63) is 35.2 Å². The molecule has 0 unspecified atom stereocenters. The van der Waals surface area contributed by atoms with Crippen molar-refractivity contribution in [2.24, 2.45) is 5.92 Å². The Kier molecular flexibility index (Phi) is 3.93. The Morgan fingerprint density at radius 2 is 2.19 bits per heavy atom. The maximum atomic E-state index is 12.8. The predicted molar refractivity (Wildman–Crippen MR) is 86.4 cm³/mol. The minimum absolute atomic E-state index is 0.0891. The Bertz CT molecular complexity index is 678. The van der Waals surface area contributed by atoms with E-state index in [2.05, 4.69) is 29.4 Å². The number of halogens is 1. The molecule has 2 aromatic rings. The average Bonchev–Trinajstić information content (AvgIpc) is 2.97. The van der Waals surface area contributed by atoms with E-state index in [1.165, 1.54) is 0 Å². The van der Waals surface area contributed by atoms with Crippen LogP contribution in [0.5, 0.6) is 0 Å². The van der Waals surface area contributed by atoms with E-state index in [9.17, 15) is 4.79 Å². The highest BCUT2D eigenvalue weighted by atomic mass is 79.9. The fourth-order valence-corrected chi connectivity index (χ4v) is 3.28. The number of furan rings is 1. The van der Waals surface area contributed by atoms with Gasteiger partial charge in [0.15, 0.2) is 10.3 Å². The molecule has 3 rings (SSSR count). The second-order valence-electron chi connectivity index (χ2n) is 5.70. The molecule has 0 saturated carbocycles. The second-order valence-corrected chi connectivity index (χ2v) is 6.49. The molecular weight excluding hydrogens is 332 g/mol. The third-order valence-electron chi connectivity index (χ3n) is 4.16. The number of fused-ring (bicyclic) bond motifs is 1. The number of nitrogens with zero attached hydrogens (tertiary/aromatic N) is 2. The Hall–Kier alpha value is -1.49. The number of likely N-dealkylation sites (tertiary alicyclic amines) is 1. The van der Waals surface area contributed by atoms with Gasteiger partial charge in [-0.05, 0) is 34.7 Å². The maximum absolute atomic E-state index is 12.8. The van der Waals surface area contributed by atoms with Crippen molar-refractivity contribution >= 4 is 32.9 Å². The van der Waals surface area contributed by atoms with E-state index >= 15 is 0 Å². The largest absolute Gasteiger partial charge is 0.448 e. The second kappa shape index (κ2) is 5.72. The highest BCUT2D eigenvalue weighted by Gasteiger charge is 2.25. The lowest BCUT2D eigenvalue weighted by Gasteiger charge is -2.30. The van der Waals surface area contributed by atoms with Gasteiger partial charge in [-0.15, -0.1) is 6.58 Å². The standard InChI is InChI=1S/C16H19BrN2O2/c1-3-6-19-12-10-15(17)21-14(12)9-13(19)16(20)18-7-4-11(2)5-8-18/h3,9-11H,1,4-8H2,2H3. The van der Waals surface area contributed by atoms with Gasteiger partial charge in [0.05, 0.1) is 5.52 Å². The van der Waals surface area contributed by atoms with E-state index in [1.54, 1.807) is 6.08 Å². The van der Waals surface area contributed by atoms with Gasteiger partial charge in [0, 0.05) is 31.8 Å². The third kappa shape index (κ3) is 2.67. The maximum Gasteiger partial charge on any atom is 0.270 e. The molecule has 2 aromatic heterocycles. The number of carbonyl (C=O) groups is 1. The van der Waals surface area contributed by atoms with E-state index in [1.807, 2.05) is 21.6 Å². The van der Waals surface area contributed by atoms with Crippen LogP contribution in [-0.2, 0) is 6.54 Å². The molecule has 21 heavy (non-hydrogen) atoms. The summed E-state index contributed by atoms with van der Waals surface area (Å²) in [6, 6.07) is 3.73. The van der Waals surface area contributed by atoms with Gasteiger partial charge < -0.3 is 13.9 Å². The molecule has 0 atom stereocenters. The first kappa shape index (κ1) is 14.4. The van der Waals surface area contributed by atoms with Crippen LogP contribution in [0.3, 0.4) is 0 Å². The first-order valence-electron chi connectivity index (χ1n) is 7.29. The molecule has 1 aliphatic rings. The van der Waals surface area contributed by atoms with Crippen LogP contribution in [0.2, 0.25) is 0 Å². The molecule has 1 amide bonds. The SMILES string of the molecule is C=CCn1c(C(=O)N2CCC(C)CC2)cc2oc(Br)cc21. The summed E-state index contributed by atoms with van der Waals surface area (Å²) in [5, 5.41) is 0. The summed E-state index contributed by atoms with van der Waals surface area (Å²) in [5.41, 5.74) is 2.35. The van der Waals surface area contributed by atoms with Crippen molar-refractivity contribution in [1.82, 2.24) is 9.47 Å². The van der Waals surface area contributed by atoms with Crippen LogP contribution in [0.15, 0.2) is 33.9 Å². The fraction of sp³-hybridized carbons (Fsp3) is 0.438. The van der Waals surface area contributed by atoms with Crippen LogP contribution < -0.4 is 0 Å². The zero-order valence-corrected chi connectivity index (χ0v) is 13.7. The molecule has 1 aliphatic heterocycles. The predicted octanol–water partition coefficient (Wildman–Crippen LogP) is 4.05. The van der Waals surface area contributed by atoms with Crippen molar-refractivity contribution in [3.8, 4) is 0 Å². The van der Waals surface area contributed by atoms with Crippen LogP contribution in [0.4, 0.5) is 0 Å². The van der Waals surface area contributed by atoms with E-state index < -0.39 is 0 Å². The molecule has 0 bridgehead atoms. The Morgan fingerprint density at radius 1 is 1.48 bits per heavy atom. The molecule has 0 aliphatic carbocycles. The molecule has 4 nitrogen and oxygen atoms in total. The van der Waals surface area contributed by atoms with E-state index in [0.717, 1.165) is 37.0 Å². The van der Waals surface area contributed by atoms with Crippen LogP contribution >= 0.6 is 15.9 Å².